The molecule has 0 radical (unpaired) electrons. The summed E-state index contributed by atoms with van der Waals surface area (Å²) in [5, 5.41) is 7.85. The Balaban J connectivity index is 1.49. The van der Waals surface area contributed by atoms with Crippen molar-refractivity contribution in [2.45, 2.75) is 13.0 Å². The van der Waals surface area contributed by atoms with Crippen LogP contribution in [0.25, 0.3) is 10.9 Å². The van der Waals surface area contributed by atoms with Gasteiger partial charge in [0.15, 0.2) is 5.96 Å². The van der Waals surface area contributed by atoms with Crippen molar-refractivity contribution in [3.8, 4) is 0 Å². The van der Waals surface area contributed by atoms with E-state index in [1.807, 2.05) is 18.2 Å². The van der Waals surface area contributed by atoms with Gasteiger partial charge in [0.1, 0.15) is 0 Å². The largest absolute Gasteiger partial charge is 0.366 e. The Morgan fingerprint density at radius 3 is 2.62 bits per heavy atom. The van der Waals surface area contributed by atoms with Crippen molar-refractivity contribution in [3.05, 3.63) is 71.4 Å². The van der Waals surface area contributed by atoms with E-state index in [9.17, 15) is 4.79 Å². The summed E-state index contributed by atoms with van der Waals surface area (Å²) >= 11 is 0. The molecule has 3 rings (SSSR count). The molecule has 0 saturated carbocycles. The van der Waals surface area contributed by atoms with Crippen LogP contribution >= 0.6 is 0 Å². The van der Waals surface area contributed by atoms with Gasteiger partial charge in [0.2, 0.25) is 5.91 Å². The molecular formula is C20H23N5O. The first-order valence-electron chi connectivity index (χ1n) is 8.55. The fraction of sp³-hybridized carbons (Fsp3) is 0.200. The molecule has 5 N–H and O–H groups in total. The van der Waals surface area contributed by atoms with Crippen LogP contribution in [-0.4, -0.2) is 30.4 Å². The minimum Gasteiger partial charge on any atom is -0.366 e. The minimum absolute atomic E-state index is 0.417. The lowest BCUT2D eigenvalue weighted by molar-refractivity contribution is 0.100. The van der Waals surface area contributed by atoms with Crippen molar-refractivity contribution < 1.29 is 4.79 Å². The van der Waals surface area contributed by atoms with Crippen LogP contribution in [0.3, 0.4) is 0 Å². The Kier molecular flexibility index (Phi) is 5.53. The van der Waals surface area contributed by atoms with Gasteiger partial charge >= 0.3 is 0 Å². The van der Waals surface area contributed by atoms with E-state index in [-0.39, 0.29) is 0 Å². The summed E-state index contributed by atoms with van der Waals surface area (Å²) in [4.78, 5) is 18.6. The minimum atomic E-state index is -0.417. The Hall–Kier alpha value is -3.28. The van der Waals surface area contributed by atoms with Gasteiger partial charge in [0.05, 0.1) is 0 Å². The van der Waals surface area contributed by atoms with E-state index in [1.54, 1.807) is 19.2 Å². The molecule has 1 amide bonds. The number of para-hydroxylation sites is 1. The third kappa shape index (κ3) is 4.22. The highest BCUT2D eigenvalue weighted by molar-refractivity contribution is 5.92. The highest BCUT2D eigenvalue weighted by Gasteiger charge is 2.04. The van der Waals surface area contributed by atoms with E-state index in [4.69, 9.17) is 5.73 Å². The molecule has 26 heavy (non-hydrogen) atoms. The average Bonchev–Trinajstić information content (AvgIpc) is 3.08. The second-order valence-electron chi connectivity index (χ2n) is 6.02. The maximum Gasteiger partial charge on any atom is 0.248 e. The number of carbonyl (C=O) groups is 1. The Bertz CT molecular complexity index is 911. The maximum atomic E-state index is 11.1. The highest BCUT2D eigenvalue weighted by atomic mass is 16.1. The predicted octanol–water partition coefficient (Wildman–Crippen LogP) is 2.17. The quantitative estimate of drug-likeness (QED) is 0.406. The summed E-state index contributed by atoms with van der Waals surface area (Å²) in [6.07, 6.45) is 2.96. The summed E-state index contributed by atoms with van der Waals surface area (Å²) in [7, 11) is 1.75. The maximum absolute atomic E-state index is 11.1. The van der Waals surface area contributed by atoms with Crippen LogP contribution in [-0.2, 0) is 13.0 Å². The standard InChI is InChI=1S/C20H23N5O/c1-22-20(25-12-14-6-8-15(9-7-14)19(21)26)23-11-10-16-13-24-18-5-3-2-4-17(16)18/h2-9,13,24H,10-12H2,1H3,(H2,21,26)(H2,22,23,25). The molecule has 6 heteroatoms. The molecule has 0 fully saturated rings. The molecule has 3 aromatic rings. The van der Waals surface area contributed by atoms with Gasteiger partial charge in [-0.15, -0.1) is 0 Å². The van der Waals surface area contributed by atoms with Gasteiger partial charge in [0, 0.05) is 42.8 Å². The van der Waals surface area contributed by atoms with Crippen molar-refractivity contribution in [2.24, 2.45) is 10.7 Å². The fourth-order valence-corrected chi connectivity index (χ4v) is 2.85. The molecule has 6 nitrogen and oxygen atoms in total. The molecule has 2 aromatic carbocycles. The molecule has 0 spiro atoms. The molecule has 0 unspecified atom stereocenters. The first-order chi connectivity index (χ1) is 12.7. The Morgan fingerprint density at radius 1 is 1.12 bits per heavy atom. The first kappa shape index (κ1) is 17.5. The van der Waals surface area contributed by atoms with Gasteiger partial charge in [0.25, 0.3) is 0 Å². The van der Waals surface area contributed by atoms with Crippen LogP contribution < -0.4 is 16.4 Å². The van der Waals surface area contributed by atoms with Crippen LogP contribution in [0.5, 0.6) is 0 Å². The lowest BCUT2D eigenvalue weighted by atomic mass is 10.1. The van der Waals surface area contributed by atoms with E-state index in [1.165, 1.54) is 10.9 Å². The van der Waals surface area contributed by atoms with E-state index in [0.717, 1.165) is 30.0 Å². The third-order valence-corrected chi connectivity index (χ3v) is 4.28. The van der Waals surface area contributed by atoms with Gasteiger partial charge < -0.3 is 21.4 Å². The predicted molar refractivity (Wildman–Crippen MR) is 105 cm³/mol. The number of guanidine groups is 1. The third-order valence-electron chi connectivity index (χ3n) is 4.28. The molecule has 0 atom stereocenters. The summed E-state index contributed by atoms with van der Waals surface area (Å²) in [6.45, 7) is 1.40. The SMILES string of the molecule is CN=C(NCCc1c[nH]c2ccccc12)NCc1ccc(C(N)=O)cc1. The van der Waals surface area contributed by atoms with Crippen molar-refractivity contribution in [3.63, 3.8) is 0 Å². The van der Waals surface area contributed by atoms with Gasteiger partial charge in [-0.1, -0.05) is 30.3 Å². The monoisotopic (exact) mass is 349 g/mol. The van der Waals surface area contributed by atoms with Crippen LogP contribution in [0.4, 0.5) is 0 Å². The zero-order chi connectivity index (χ0) is 18.4. The van der Waals surface area contributed by atoms with Crippen LogP contribution in [0, 0.1) is 0 Å². The first-order valence-corrected chi connectivity index (χ1v) is 8.55. The molecule has 0 aliphatic rings. The van der Waals surface area contributed by atoms with Gasteiger partial charge in [-0.3, -0.25) is 9.79 Å². The van der Waals surface area contributed by atoms with Crippen molar-refractivity contribution in [2.75, 3.05) is 13.6 Å². The lowest BCUT2D eigenvalue weighted by Crippen LogP contribution is -2.37. The molecule has 0 bridgehead atoms. The number of fused-ring (bicyclic) bond motifs is 1. The second-order valence-corrected chi connectivity index (χ2v) is 6.02. The second kappa shape index (κ2) is 8.20. The molecule has 0 saturated heterocycles. The Labute approximate surface area is 152 Å². The Morgan fingerprint density at radius 2 is 1.88 bits per heavy atom. The number of nitrogens with one attached hydrogen (secondary N) is 3. The topological polar surface area (TPSA) is 95.3 Å². The fourth-order valence-electron chi connectivity index (χ4n) is 2.85. The van der Waals surface area contributed by atoms with Gasteiger partial charge in [-0.2, -0.15) is 0 Å². The van der Waals surface area contributed by atoms with Crippen LogP contribution in [0.2, 0.25) is 0 Å². The van der Waals surface area contributed by atoms with Gasteiger partial charge in [-0.05, 0) is 35.7 Å². The van der Waals surface area contributed by atoms with Crippen molar-refractivity contribution in [1.29, 1.82) is 0 Å². The number of benzene rings is 2. The normalized spacial score (nSPS) is 11.5. The number of aliphatic imine (C=N–C) groups is 1. The summed E-state index contributed by atoms with van der Waals surface area (Å²) < 4.78 is 0. The number of nitrogens with two attached hydrogens (primary N) is 1. The van der Waals surface area contributed by atoms with Crippen LogP contribution in [0.1, 0.15) is 21.5 Å². The van der Waals surface area contributed by atoms with Crippen molar-refractivity contribution in [1.82, 2.24) is 15.6 Å². The zero-order valence-corrected chi connectivity index (χ0v) is 14.8. The van der Waals surface area contributed by atoms with Crippen molar-refractivity contribution >= 4 is 22.8 Å². The summed E-state index contributed by atoms with van der Waals surface area (Å²) in [5.74, 6) is 0.322. The molecule has 0 aliphatic heterocycles. The molecule has 134 valence electrons. The van der Waals surface area contributed by atoms with Crippen LogP contribution in [0.15, 0.2) is 59.7 Å². The van der Waals surface area contributed by atoms with E-state index in [0.29, 0.717) is 12.1 Å². The highest BCUT2D eigenvalue weighted by Crippen LogP contribution is 2.17. The van der Waals surface area contributed by atoms with E-state index >= 15 is 0 Å². The number of primary amides is 1. The molecule has 0 aliphatic carbocycles. The number of hydrogen-bond acceptors (Lipinski definition) is 2. The number of aromatic nitrogens is 1. The number of amides is 1. The van der Waals surface area contributed by atoms with E-state index < -0.39 is 5.91 Å². The number of aromatic amines is 1. The number of nitrogens with zero attached hydrogens (tertiary/aromatic N) is 1. The molecule has 1 aromatic heterocycles. The summed E-state index contributed by atoms with van der Waals surface area (Å²) in [6, 6.07) is 15.5. The smallest absolute Gasteiger partial charge is 0.248 e. The summed E-state index contributed by atoms with van der Waals surface area (Å²) in [5.41, 5.74) is 9.25. The average molecular weight is 349 g/mol. The number of H-pyrrole nitrogens is 1. The number of rotatable bonds is 6. The number of carbonyl (C=O) groups excluding carboxylic acids is 1. The lowest BCUT2D eigenvalue weighted by Gasteiger charge is -2.12. The zero-order valence-electron chi connectivity index (χ0n) is 14.8. The van der Waals surface area contributed by atoms with E-state index in [2.05, 4.69) is 45.0 Å². The molecular weight excluding hydrogens is 326 g/mol. The number of hydrogen-bond donors (Lipinski definition) is 4. The molecule has 1 heterocycles. The van der Waals surface area contributed by atoms with Gasteiger partial charge in [-0.25, -0.2) is 0 Å².